The van der Waals surface area contributed by atoms with Crippen LogP contribution in [0.25, 0.3) is 0 Å². The van der Waals surface area contributed by atoms with Crippen molar-refractivity contribution in [3.05, 3.63) is 66.0 Å². The summed E-state index contributed by atoms with van der Waals surface area (Å²) < 4.78 is 0. The van der Waals surface area contributed by atoms with Crippen LogP contribution in [0.2, 0.25) is 0 Å². The summed E-state index contributed by atoms with van der Waals surface area (Å²) in [4.78, 5) is 4.26. The first-order chi connectivity index (χ1) is 7.33. The third-order valence-electron chi connectivity index (χ3n) is 2.02. The van der Waals surface area contributed by atoms with E-state index in [1.54, 1.807) is 0 Å². The van der Waals surface area contributed by atoms with E-state index in [1.807, 2.05) is 49.5 Å². The maximum Gasteiger partial charge on any atom is 0.0441 e. The van der Waals surface area contributed by atoms with Gasteiger partial charge in [0.2, 0.25) is 0 Å². The van der Waals surface area contributed by atoms with Crippen LogP contribution < -0.4 is 0 Å². The molecule has 1 heteroatoms. The van der Waals surface area contributed by atoms with Crippen molar-refractivity contribution in [2.45, 2.75) is 20.3 Å². The van der Waals surface area contributed by atoms with Gasteiger partial charge in [0.05, 0.1) is 0 Å². The zero-order valence-electron chi connectivity index (χ0n) is 9.35. The van der Waals surface area contributed by atoms with E-state index < -0.39 is 0 Å². The SMILES string of the molecule is C\C=C/C=C\C(C)=C/Cc1ccccn1. The first-order valence-corrected chi connectivity index (χ1v) is 5.19. The fourth-order valence-corrected chi connectivity index (χ4v) is 1.17. The van der Waals surface area contributed by atoms with Crippen LogP contribution in [-0.4, -0.2) is 4.98 Å². The molecule has 0 aliphatic rings. The number of aromatic nitrogens is 1. The Morgan fingerprint density at radius 2 is 2.20 bits per heavy atom. The molecule has 1 nitrogen and oxygen atoms in total. The fourth-order valence-electron chi connectivity index (χ4n) is 1.17. The van der Waals surface area contributed by atoms with Crippen LogP contribution in [0.1, 0.15) is 19.5 Å². The molecular weight excluding hydrogens is 182 g/mol. The molecule has 0 bridgehead atoms. The molecule has 0 aromatic carbocycles. The zero-order chi connectivity index (χ0) is 10.9. The highest BCUT2D eigenvalue weighted by atomic mass is 14.7. The van der Waals surface area contributed by atoms with Crippen molar-refractivity contribution in [1.82, 2.24) is 4.98 Å². The molecule has 0 aliphatic heterocycles. The van der Waals surface area contributed by atoms with Gasteiger partial charge in [-0.25, -0.2) is 0 Å². The summed E-state index contributed by atoms with van der Waals surface area (Å²) in [5.74, 6) is 0. The predicted molar refractivity (Wildman–Crippen MR) is 65.7 cm³/mol. The maximum atomic E-state index is 4.26. The first-order valence-electron chi connectivity index (χ1n) is 5.19. The van der Waals surface area contributed by atoms with Crippen LogP contribution in [0, 0.1) is 0 Å². The van der Waals surface area contributed by atoms with E-state index in [0.717, 1.165) is 12.1 Å². The van der Waals surface area contributed by atoms with Gasteiger partial charge in [0, 0.05) is 18.3 Å². The van der Waals surface area contributed by atoms with Crippen LogP contribution in [0.15, 0.2) is 60.3 Å². The average Bonchev–Trinajstić information content (AvgIpc) is 2.28. The Kier molecular flexibility index (Phi) is 5.16. The van der Waals surface area contributed by atoms with Crippen molar-refractivity contribution in [3.63, 3.8) is 0 Å². The molecule has 1 heterocycles. The lowest BCUT2D eigenvalue weighted by molar-refractivity contribution is 1.10. The summed E-state index contributed by atoms with van der Waals surface area (Å²) in [5.41, 5.74) is 2.37. The number of hydrogen-bond acceptors (Lipinski definition) is 1. The summed E-state index contributed by atoms with van der Waals surface area (Å²) in [7, 11) is 0. The molecule has 0 fully saturated rings. The highest BCUT2D eigenvalue weighted by Gasteiger charge is 1.88. The second-order valence-corrected chi connectivity index (χ2v) is 3.36. The number of hydrogen-bond donors (Lipinski definition) is 0. The number of rotatable bonds is 4. The Hall–Kier alpha value is -1.63. The van der Waals surface area contributed by atoms with Crippen molar-refractivity contribution in [1.29, 1.82) is 0 Å². The van der Waals surface area contributed by atoms with E-state index in [2.05, 4.69) is 24.1 Å². The second kappa shape index (κ2) is 6.77. The molecule has 1 aromatic rings. The minimum Gasteiger partial charge on any atom is -0.261 e. The Labute approximate surface area is 91.9 Å². The lowest BCUT2D eigenvalue weighted by Gasteiger charge is -1.95. The van der Waals surface area contributed by atoms with Gasteiger partial charge in [-0.1, -0.05) is 42.0 Å². The van der Waals surface area contributed by atoms with E-state index >= 15 is 0 Å². The monoisotopic (exact) mass is 199 g/mol. The fraction of sp³-hybridized carbons (Fsp3) is 0.214. The van der Waals surface area contributed by atoms with Crippen LogP contribution in [0.5, 0.6) is 0 Å². The standard InChI is InChI=1S/C14H17N/c1-3-4-5-8-13(2)10-11-14-9-6-7-12-15-14/h3-10,12H,11H2,1-2H3/b4-3-,8-5-,13-10-. The molecule has 0 saturated carbocycles. The van der Waals surface area contributed by atoms with Gasteiger partial charge in [-0.05, 0) is 26.0 Å². The van der Waals surface area contributed by atoms with E-state index in [1.165, 1.54) is 5.57 Å². The van der Waals surface area contributed by atoms with Gasteiger partial charge in [-0.3, -0.25) is 4.98 Å². The lowest BCUT2D eigenvalue weighted by atomic mass is 10.2. The van der Waals surface area contributed by atoms with Crippen LogP contribution in [-0.2, 0) is 6.42 Å². The van der Waals surface area contributed by atoms with E-state index in [4.69, 9.17) is 0 Å². The molecule has 0 N–H and O–H groups in total. The molecule has 0 atom stereocenters. The largest absolute Gasteiger partial charge is 0.261 e. The molecule has 15 heavy (non-hydrogen) atoms. The summed E-state index contributed by atoms with van der Waals surface area (Å²) >= 11 is 0. The number of allylic oxidation sites excluding steroid dienone is 6. The van der Waals surface area contributed by atoms with Gasteiger partial charge in [0.15, 0.2) is 0 Å². The molecule has 0 amide bonds. The highest BCUT2D eigenvalue weighted by molar-refractivity contribution is 5.22. The lowest BCUT2D eigenvalue weighted by Crippen LogP contribution is -1.85. The smallest absolute Gasteiger partial charge is 0.0441 e. The summed E-state index contributed by atoms with van der Waals surface area (Å²) in [5, 5.41) is 0. The summed E-state index contributed by atoms with van der Waals surface area (Å²) in [6.07, 6.45) is 13.1. The van der Waals surface area contributed by atoms with E-state index in [0.29, 0.717) is 0 Å². The minimum absolute atomic E-state index is 0.896. The average molecular weight is 199 g/mol. The van der Waals surface area contributed by atoms with Crippen molar-refractivity contribution >= 4 is 0 Å². The number of pyridine rings is 1. The Bertz CT molecular complexity index is 358. The van der Waals surface area contributed by atoms with Crippen molar-refractivity contribution in [2.24, 2.45) is 0 Å². The predicted octanol–water partition coefficient (Wildman–Crippen LogP) is 3.70. The Balaban J connectivity index is 2.51. The molecule has 0 radical (unpaired) electrons. The van der Waals surface area contributed by atoms with E-state index in [-0.39, 0.29) is 0 Å². The zero-order valence-corrected chi connectivity index (χ0v) is 9.35. The Morgan fingerprint density at radius 3 is 2.87 bits per heavy atom. The van der Waals surface area contributed by atoms with Gasteiger partial charge < -0.3 is 0 Å². The summed E-state index contributed by atoms with van der Waals surface area (Å²) in [6, 6.07) is 5.99. The number of nitrogens with zero attached hydrogens (tertiary/aromatic N) is 1. The maximum absolute atomic E-state index is 4.26. The molecule has 0 spiro atoms. The molecule has 78 valence electrons. The van der Waals surface area contributed by atoms with Gasteiger partial charge in [-0.2, -0.15) is 0 Å². The first kappa shape index (κ1) is 11.4. The molecule has 1 rings (SSSR count). The highest BCUT2D eigenvalue weighted by Crippen LogP contribution is 2.01. The van der Waals surface area contributed by atoms with Crippen LogP contribution in [0.4, 0.5) is 0 Å². The van der Waals surface area contributed by atoms with Gasteiger partial charge >= 0.3 is 0 Å². The third kappa shape index (κ3) is 4.96. The molecule has 0 aliphatic carbocycles. The normalized spacial score (nSPS) is 12.8. The van der Waals surface area contributed by atoms with Crippen molar-refractivity contribution in [3.8, 4) is 0 Å². The van der Waals surface area contributed by atoms with Crippen molar-refractivity contribution < 1.29 is 0 Å². The molecule has 1 aromatic heterocycles. The van der Waals surface area contributed by atoms with Crippen LogP contribution in [0.3, 0.4) is 0 Å². The van der Waals surface area contributed by atoms with Crippen molar-refractivity contribution in [2.75, 3.05) is 0 Å². The van der Waals surface area contributed by atoms with Gasteiger partial charge in [0.1, 0.15) is 0 Å². The quantitative estimate of drug-likeness (QED) is 0.674. The van der Waals surface area contributed by atoms with Gasteiger partial charge in [-0.15, -0.1) is 0 Å². The molecule has 0 unspecified atom stereocenters. The molecular formula is C14H17N. The topological polar surface area (TPSA) is 12.9 Å². The van der Waals surface area contributed by atoms with E-state index in [9.17, 15) is 0 Å². The minimum atomic E-state index is 0.896. The summed E-state index contributed by atoms with van der Waals surface area (Å²) in [6.45, 7) is 4.11. The molecule has 0 saturated heterocycles. The second-order valence-electron chi connectivity index (χ2n) is 3.36. The van der Waals surface area contributed by atoms with Crippen LogP contribution >= 0.6 is 0 Å². The third-order valence-corrected chi connectivity index (χ3v) is 2.02. The van der Waals surface area contributed by atoms with Gasteiger partial charge in [0.25, 0.3) is 0 Å². The Morgan fingerprint density at radius 1 is 1.33 bits per heavy atom.